The Morgan fingerprint density at radius 3 is 1.82 bits per heavy atom. The minimum Gasteiger partial charge on any atom is -0.479 e. The summed E-state index contributed by atoms with van der Waals surface area (Å²) in [5, 5.41) is 142. The van der Waals surface area contributed by atoms with E-state index in [-0.39, 0.29) is 46.2 Å². The van der Waals surface area contributed by atoms with Gasteiger partial charge < -0.3 is 104 Å². The van der Waals surface area contributed by atoms with Gasteiger partial charge in [0.15, 0.2) is 37.0 Å². The number of ether oxygens (including phenoxy) is 8. The molecule has 23 nitrogen and oxygen atoms in total. The maximum absolute atomic E-state index is 14.3. The number of ketones is 1. The second-order valence-corrected chi connectivity index (χ2v) is 25.9. The van der Waals surface area contributed by atoms with E-state index in [1.54, 1.807) is 0 Å². The van der Waals surface area contributed by atoms with Crippen LogP contribution >= 0.6 is 0 Å². The molecule has 4 heterocycles. The second-order valence-electron chi connectivity index (χ2n) is 25.9. The van der Waals surface area contributed by atoms with Crippen molar-refractivity contribution >= 4 is 11.8 Å². The molecule has 0 aromatic carbocycles. The van der Waals surface area contributed by atoms with E-state index >= 15 is 0 Å². The van der Waals surface area contributed by atoms with Crippen LogP contribution in [0.3, 0.4) is 0 Å². The highest BCUT2D eigenvalue weighted by molar-refractivity contribution is 5.91. The number of hydrogen-bond acceptors (Lipinski definition) is 22. The SMILES string of the molecule is C[C@@H]1O[C@@H](O[C@H]2[C@H](O[C@H]3[C@H](O)[C@@H](C(=O)O)O[C@@H](O[C@H]4CC[C@]5(C)[C@H]6CC=C7[C@@H]8CC(C)(C)CC[C@]8(O)C(=O)C[C@@]7(C)[C@]6(C)CC[C@H]5C4(C)C)[C@@H]3OC3OC(CO)C(O)C(O)C3O)O[C@H](CO)[C@H](O)[C@@H]2O)[C@H](O)[C@H](O)[C@H]1O. The molecule has 4 saturated heterocycles. The molecule has 9 aliphatic rings. The lowest BCUT2D eigenvalue weighted by molar-refractivity contribution is -0.406. The van der Waals surface area contributed by atoms with Crippen molar-refractivity contribution in [1.29, 1.82) is 0 Å². The molecule has 0 aromatic heterocycles. The number of carbonyl (C=O) groups is 2. The van der Waals surface area contributed by atoms with E-state index in [0.717, 1.165) is 19.3 Å². The van der Waals surface area contributed by atoms with Crippen LogP contribution < -0.4 is 0 Å². The molecule has 434 valence electrons. The number of aliphatic carboxylic acids is 1. The van der Waals surface area contributed by atoms with Crippen molar-refractivity contribution in [3.63, 3.8) is 0 Å². The van der Waals surface area contributed by atoms with Crippen molar-refractivity contribution in [3.8, 4) is 0 Å². The fourth-order valence-corrected chi connectivity index (χ4v) is 16.0. The number of carboxylic acid groups (broad SMARTS) is 1. The van der Waals surface area contributed by atoms with Crippen LogP contribution in [0.15, 0.2) is 11.6 Å². The lowest BCUT2D eigenvalue weighted by atomic mass is 9.34. The zero-order valence-corrected chi connectivity index (χ0v) is 44.6. The Labute approximate surface area is 442 Å². The highest BCUT2D eigenvalue weighted by atomic mass is 16.8. The highest BCUT2D eigenvalue weighted by Gasteiger charge is 2.71. The molecule has 8 fully saturated rings. The van der Waals surface area contributed by atoms with Crippen LogP contribution in [0.4, 0.5) is 0 Å². The summed E-state index contributed by atoms with van der Waals surface area (Å²) < 4.78 is 48.9. The molecule has 76 heavy (non-hydrogen) atoms. The average molecular weight is 1090 g/mol. The third kappa shape index (κ3) is 9.38. The Morgan fingerprint density at radius 1 is 0.618 bits per heavy atom. The van der Waals surface area contributed by atoms with E-state index in [9.17, 15) is 76.0 Å². The zero-order valence-electron chi connectivity index (χ0n) is 44.6. The van der Waals surface area contributed by atoms with Crippen molar-refractivity contribution in [2.24, 2.45) is 44.8 Å². The number of rotatable bonds is 11. The van der Waals surface area contributed by atoms with Gasteiger partial charge in [0, 0.05) is 17.8 Å². The minimum atomic E-state index is -2.24. The van der Waals surface area contributed by atoms with Gasteiger partial charge in [-0.15, -0.1) is 0 Å². The van der Waals surface area contributed by atoms with E-state index in [1.807, 2.05) is 0 Å². The summed E-state index contributed by atoms with van der Waals surface area (Å²) in [6.07, 6.45) is -30.4. The maximum Gasteiger partial charge on any atom is 0.335 e. The van der Waals surface area contributed by atoms with E-state index < -0.39 is 165 Å². The first-order valence-electron chi connectivity index (χ1n) is 27.2. The van der Waals surface area contributed by atoms with Gasteiger partial charge in [-0.1, -0.05) is 60.1 Å². The molecule has 5 aliphatic carbocycles. The molecule has 4 saturated carbocycles. The lowest BCUT2D eigenvalue weighted by Crippen LogP contribution is -2.69. The molecule has 23 heteroatoms. The van der Waals surface area contributed by atoms with Gasteiger partial charge in [0.25, 0.3) is 0 Å². The Kier molecular flexibility index (Phi) is 16.1. The highest BCUT2D eigenvalue weighted by Crippen LogP contribution is 2.74. The van der Waals surface area contributed by atoms with Crippen LogP contribution in [0.2, 0.25) is 0 Å². The monoisotopic (exact) mass is 1090 g/mol. The van der Waals surface area contributed by atoms with Crippen LogP contribution in [0.25, 0.3) is 0 Å². The number of aliphatic hydroxyl groups excluding tert-OH is 11. The number of fused-ring (bicyclic) bond motifs is 7. The third-order valence-electron chi connectivity index (χ3n) is 20.8. The van der Waals surface area contributed by atoms with E-state index in [1.165, 1.54) is 12.5 Å². The molecule has 28 atom stereocenters. The fraction of sp³-hybridized carbons (Fsp3) is 0.925. The third-order valence-corrected chi connectivity index (χ3v) is 20.8. The first kappa shape index (κ1) is 58.7. The standard InChI is InChI=1S/C53H84O23/c1-21-30(57)33(60)36(63)44(69-21)75-41-35(62)32(59)25(20-55)71-46(41)73-39-38(65)40(43(66)67)74-47(42(39)76-45-37(64)34(61)31(58)24(19-54)70-45)72-29-12-13-50(6)26(49(29,4)5)11-14-51(7)27(50)10-9-22-23-17-48(2,3)15-16-53(23,68)28(56)18-52(22,51)8/h9,21,23-27,29-42,44-47,54-55,57-65,68H,10-20H2,1-8H3,(H,66,67)/t21-,23-,24?,25+,26-,27+,29-,30-,31?,32-,33+,34?,35-,36+,37?,38-,39-,40-,41+,42+,44-,45?,46-,47+,50-,51+,52+,53+/m0/s1. The molecule has 4 aliphatic heterocycles. The largest absolute Gasteiger partial charge is 0.479 e. The summed E-state index contributed by atoms with van der Waals surface area (Å²) in [4.78, 5) is 27.4. The quantitative estimate of drug-likeness (QED) is 0.0826. The average Bonchev–Trinajstić information content (AvgIpc) is 3.53. The Balaban J connectivity index is 1.05. The lowest BCUT2D eigenvalue weighted by Gasteiger charge is -2.71. The number of allylic oxidation sites excluding steroid dienone is 1. The van der Waals surface area contributed by atoms with Crippen LogP contribution in [0.5, 0.6) is 0 Å². The Bertz CT molecular complexity index is 2160. The first-order chi connectivity index (χ1) is 35.4. The molecular formula is C53H84O23. The van der Waals surface area contributed by atoms with Gasteiger partial charge in [0.05, 0.1) is 25.4 Å². The van der Waals surface area contributed by atoms with E-state index in [0.29, 0.717) is 32.1 Å². The first-order valence-corrected chi connectivity index (χ1v) is 27.2. The maximum atomic E-state index is 14.3. The minimum absolute atomic E-state index is 0.0434. The van der Waals surface area contributed by atoms with Gasteiger partial charge in [0.2, 0.25) is 0 Å². The molecule has 0 aromatic rings. The number of aliphatic hydroxyl groups is 12. The Hall–Kier alpha value is -1.92. The molecule has 0 spiro atoms. The van der Waals surface area contributed by atoms with Gasteiger partial charge in [-0.25, -0.2) is 4.79 Å². The van der Waals surface area contributed by atoms with Gasteiger partial charge in [-0.05, 0) is 91.8 Å². The van der Waals surface area contributed by atoms with E-state index in [2.05, 4.69) is 54.5 Å². The second kappa shape index (κ2) is 20.8. The van der Waals surface area contributed by atoms with Crippen molar-refractivity contribution < 1.29 is 114 Å². The number of carboxylic acids is 1. The van der Waals surface area contributed by atoms with Crippen LogP contribution in [0, 0.1) is 44.8 Å². The molecule has 0 radical (unpaired) electrons. The van der Waals surface area contributed by atoms with Crippen molar-refractivity contribution in [2.75, 3.05) is 13.2 Å². The predicted molar refractivity (Wildman–Crippen MR) is 258 cm³/mol. The number of Topliss-reactive ketones (excluding diaryl/α,β-unsaturated/α-hetero) is 1. The fourth-order valence-electron chi connectivity index (χ4n) is 16.0. The van der Waals surface area contributed by atoms with Crippen LogP contribution in [0.1, 0.15) is 113 Å². The summed E-state index contributed by atoms with van der Waals surface area (Å²) in [6.45, 7) is 14.9. The van der Waals surface area contributed by atoms with E-state index in [4.69, 9.17) is 37.9 Å². The normalized spacial score (nSPS) is 54.1. The summed E-state index contributed by atoms with van der Waals surface area (Å²) >= 11 is 0. The number of carbonyl (C=O) groups excluding carboxylic acids is 1. The zero-order chi connectivity index (χ0) is 55.7. The topological polar surface area (TPSA) is 371 Å². The van der Waals surface area contributed by atoms with Gasteiger partial charge in [-0.3, -0.25) is 4.79 Å². The molecule has 9 rings (SSSR count). The summed E-state index contributed by atoms with van der Waals surface area (Å²) in [7, 11) is 0. The smallest absolute Gasteiger partial charge is 0.335 e. The van der Waals surface area contributed by atoms with Crippen molar-refractivity contribution in [2.45, 2.75) is 248 Å². The molecular weight excluding hydrogens is 1000 g/mol. The van der Waals surface area contributed by atoms with Crippen molar-refractivity contribution in [3.05, 3.63) is 11.6 Å². The molecule has 13 N–H and O–H groups in total. The molecule has 0 amide bonds. The summed E-state index contributed by atoms with van der Waals surface area (Å²) in [6, 6.07) is 0. The summed E-state index contributed by atoms with van der Waals surface area (Å²) in [5.74, 6) is -2.01. The number of hydrogen-bond donors (Lipinski definition) is 13. The summed E-state index contributed by atoms with van der Waals surface area (Å²) in [5.41, 5.74) is -2.16. The predicted octanol–water partition coefficient (Wildman–Crippen LogP) is -1.51. The van der Waals surface area contributed by atoms with Crippen molar-refractivity contribution in [1.82, 2.24) is 0 Å². The molecule has 0 bridgehead atoms. The Morgan fingerprint density at radius 2 is 1.18 bits per heavy atom. The van der Waals surface area contributed by atoms with Gasteiger partial charge >= 0.3 is 5.97 Å². The van der Waals surface area contributed by atoms with Crippen LogP contribution in [-0.4, -0.2) is 226 Å². The van der Waals surface area contributed by atoms with Gasteiger partial charge in [0.1, 0.15) is 91.1 Å². The van der Waals surface area contributed by atoms with Gasteiger partial charge in [-0.2, -0.15) is 0 Å². The van der Waals surface area contributed by atoms with Crippen LogP contribution in [-0.2, 0) is 47.5 Å². The molecule has 5 unspecified atom stereocenters.